The average molecular weight is 146 g/mol. The lowest BCUT2D eigenvalue weighted by Crippen LogP contribution is -2.25. The van der Waals surface area contributed by atoms with Crippen LogP contribution in [-0.2, 0) is 9.53 Å². The van der Waals surface area contributed by atoms with Gasteiger partial charge in [-0.15, -0.1) is 0 Å². The van der Waals surface area contributed by atoms with Crippen LogP contribution in [0.25, 0.3) is 0 Å². The number of primary amides is 1. The lowest BCUT2D eigenvalue weighted by Gasteiger charge is -2.06. The van der Waals surface area contributed by atoms with Gasteiger partial charge in [-0.25, -0.2) is 0 Å². The molecule has 0 fully saturated rings. The molecule has 4 heteroatoms. The van der Waals surface area contributed by atoms with Crippen LogP contribution in [-0.4, -0.2) is 25.7 Å². The highest BCUT2D eigenvalue weighted by Gasteiger charge is 2.06. The number of nitrogens with two attached hydrogens (primary N) is 2. The predicted octanol–water partition coefficient (Wildman–Crippen LogP) is -0.917. The van der Waals surface area contributed by atoms with Crippen molar-refractivity contribution < 1.29 is 9.53 Å². The van der Waals surface area contributed by atoms with E-state index in [9.17, 15) is 4.79 Å². The van der Waals surface area contributed by atoms with E-state index in [-0.39, 0.29) is 11.8 Å². The Hall–Kier alpha value is -0.610. The zero-order valence-corrected chi connectivity index (χ0v) is 6.17. The van der Waals surface area contributed by atoms with Crippen LogP contribution in [0.4, 0.5) is 0 Å². The summed E-state index contributed by atoms with van der Waals surface area (Å²) in [5, 5.41) is 0. The summed E-state index contributed by atoms with van der Waals surface area (Å²) < 4.78 is 4.98. The van der Waals surface area contributed by atoms with E-state index >= 15 is 0 Å². The fourth-order valence-electron chi connectivity index (χ4n) is 0.426. The van der Waals surface area contributed by atoms with Crippen molar-refractivity contribution in [2.45, 2.75) is 6.92 Å². The highest BCUT2D eigenvalue weighted by molar-refractivity contribution is 5.76. The van der Waals surface area contributed by atoms with Crippen molar-refractivity contribution in [2.24, 2.45) is 17.4 Å². The lowest BCUT2D eigenvalue weighted by atomic mass is 10.2. The first-order chi connectivity index (χ1) is 4.68. The average Bonchev–Trinajstić information content (AvgIpc) is 1.88. The van der Waals surface area contributed by atoms with Gasteiger partial charge in [0.1, 0.15) is 0 Å². The van der Waals surface area contributed by atoms with E-state index in [1.807, 2.05) is 0 Å². The van der Waals surface area contributed by atoms with Crippen LogP contribution in [0.3, 0.4) is 0 Å². The SMILES string of the molecule is CC(COCCN)C(N)=O. The van der Waals surface area contributed by atoms with Crippen molar-refractivity contribution in [3.8, 4) is 0 Å². The van der Waals surface area contributed by atoms with Crippen LogP contribution in [0.1, 0.15) is 6.92 Å². The van der Waals surface area contributed by atoms with E-state index in [1.54, 1.807) is 6.92 Å². The largest absolute Gasteiger partial charge is 0.379 e. The summed E-state index contributed by atoms with van der Waals surface area (Å²) in [5.74, 6) is -0.552. The zero-order chi connectivity index (χ0) is 7.98. The maximum Gasteiger partial charge on any atom is 0.222 e. The number of hydrogen-bond acceptors (Lipinski definition) is 3. The second-order valence-corrected chi connectivity index (χ2v) is 2.17. The van der Waals surface area contributed by atoms with Crippen LogP contribution >= 0.6 is 0 Å². The molecule has 0 saturated carbocycles. The smallest absolute Gasteiger partial charge is 0.222 e. The summed E-state index contributed by atoms with van der Waals surface area (Å²) in [6.07, 6.45) is 0. The summed E-state index contributed by atoms with van der Waals surface area (Å²) in [6.45, 7) is 3.05. The van der Waals surface area contributed by atoms with Crippen molar-refractivity contribution >= 4 is 5.91 Å². The summed E-state index contributed by atoms with van der Waals surface area (Å²) in [6, 6.07) is 0. The number of hydrogen-bond donors (Lipinski definition) is 2. The third kappa shape index (κ3) is 4.29. The van der Waals surface area contributed by atoms with Gasteiger partial charge in [-0.2, -0.15) is 0 Å². The number of carbonyl (C=O) groups is 1. The Morgan fingerprint density at radius 2 is 2.30 bits per heavy atom. The first kappa shape index (κ1) is 9.39. The molecule has 0 heterocycles. The van der Waals surface area contributed by atoms with Gasteiger partial charge in [0.25, 0.3) is 0 Å². The van der Waals surface area contributed by atoms with E-state index in [0.717, 1.165) is 0 Å². The number of amides is 1. The van der Waals surface area contributed by atoms with Crippen LogP contribution in [0, 0.1) is 5.92 Å². The molecular weight excluding hydrogens is 132 g/mol. The lowest BCUT2D eigenvalue weighted by molar-refractivity contribution is -0.123. The monoisotopic (exact) mass is 146 g/mol. The maximum absolute atomic E-state index is 10.4. The van der Waals surface area contributed by atoms with Crippen molar-refractivity contribution in [2.75, 3.05) is 19.8 Å². The van der Waals surface area contributed by atoms with E-state index in [4.69, 9.17) is 16.2 Å². The molecule has 0 rings (SSSR count). The van der Waals surface area contributed by atoms with Gasteiger partial charge in [0.15, 0.2) is 0 Å². The molecule has 0 saturated heterocycles. The molecule has 0 aromatic carbocycles. The summed E-state index contributed by atoms with van der Waals surface area (Å²) in [5.41, 5.74) is 10.1. The molecule has 0 aliphatic heterocycles. The Balaban J connectivity index is 3.21. The van der Waals surface area contributed by atoms with Gasteiger partial charge >= 0.3 is 0 Å². The minimum Gasteiger partial charge on any atom is -0.379 e. The zero-order valence-electron chi connectivity index (χ0n) is 6.17. The molecule has 4 nitrogen and oxygen atoms in total. The molecule has 0 bridgehead atoms. The van der Waals surface area contributed by atoms with E-state index in [1.165, 1.54) is 0 Å². The molecule has 4 N–H and O–H groups in total. The standard InChI is InChI=1S/C6H14N2O2/c1-5(6(8)9)4-10-3-2-7/h5H,2-4,7H2,1H3,(H2,8,9). The molecule has 0 aromatic heterocycles. The topological polar surface area (TPSA) is 78.3 Å². The first-order valence-electron chi connectivity index (χ1n) is 3.25. The molecule has 0 aromatic rings. The van der Waals surface area contributed by atoms with Crippen LogP contribution in [0.2, 0.25) is 0 Å². The second-order valence-electron chi connectivity index (χ2n) is 2.17. The number of carbonyl (C=O) groups excluding carboxylic acids is 1. The number of ether oxygens (including phenoxy) is 1. The minimum atomic E-state index is -0.336. The molecule has 1 unspecified atom stereocenters. The second kappa shape index (κ2) is 5.20. The fourth-order valence-corrected chi connectivity index (χ4v) is 0.426. The Morgan fingerprint density at radius 1 is 1.70 bits per heavy atom. The van der Waals surface area contributed by atoms with Crippen molar-refractivity contribution in [3.05, 3.63) is 0 Å². The van der Waals surface area contributed by atoms with Crippen LogP contribution < -0.4 is 11.5 Å². The van der Waals surface area contributed by atoms with Gasteiger partial charge in [0, 0.05) is 6.54 Å². The third-order valence-corrected chi connectivity index (χ3v) is 1.12. The maximum atomic E-state index is 10.4. The van der Waals surface area contributed by atoms with E-state index < -0.39 is 0 Å². The first-order valence-corrected chi connectivity index (χ1v) is 3.25. The molecule has 1 amide bonds. The summed E-state index contributed by atoms with van der Waals surface area (Å²) in [7, 11) is 0. The highest BCUT2D eigenvalue weighted by atomic mass is 16.5. The number of rotatable bonds is 5. The van der Waals surface area contributed by atoms with Crippen molar-refractivity contribution in [1.29, 1.82) is 0 Å². The Labute approximate surface area is 60.5 Å². The van der Waals surface area contributed by atoms with Gasteiger partial charge < -0.3 is 16.2 Å². The molecule has 0 aliphatic carbocycles. The van der Waals surface area contributed by atoms with Crippen molar-refractivity contribution in [1.82, 2.24) is 0 Å². The molecule has 60 valence electrons. The van der Waals surface area contributed by atoms with Crippen LogP contribution in [0.15, 0.2) is 0 Å². The third-order valence-electron chi connectivity index (χ3n) is 1.12. The quantitative estimate of drug-likeness (QED) is 0.492. The molecule has 1 atom stereocenters. The minimum absolute atomic E-state index is 0.216. The molecular formula is C6H14N2O2. The normalized spacial score (nSPS) is 13.0. The molecule has 10 heavy (non-hydrogen) atoms. The van der Waals surface area contributed by atoms with Gasteiger partial charge in [-0.1, -0.05) is 6.92 Å². The van der Waals surface area contributed by atoms with Gasteiger partial charge in [-0.3, -0.25) is 4.79 Å². The molecule has 0 spiro atoms. The highest BCUT2D eigenvalue weighted by Crippen LogP contribution is 1.92. The van der Waals surface area contributed by atoms with Crippen molar-refractivity contribution in [3.63, 3.8) is 0 Å². The molecule has 0 aliphatic rings. The van der Waals surface area contributed by atoms with Crippen LogP contribution in [0.5, 0.6) is 0 Å². The molecule has 0 radical (unpaired) electrons. The predicted molar refractivity (Wildman–Crippen MR) is 38.2 cm³/mol. The van der Waals surface area contributed by atoms with E-state index in [0.29, 0.717) is 19.8 Å². The van der Waals surface area contributed by atoms with E-state index in [2.05, 4.69) is 0 Å². The Bertz CT molecular complexity index is 106. The van der Waals surface area contributed by atoms with Gasteiger partial charge in [-0.05, 0) is 0 Å². The summed E-state index contributed by atoms with van der Waals surface area (Å²) >= 11 is 0. The fraction of sp³-hybridized carbons (Fsp3) is 0.833. The van der Waals surface area contributed by atoms with Gasteiger partial charge in [0.05, 0.1) is 19.1 Å². The Kier molecular flexibility index (Phi) is 4.88. The summed E-state index contributed by atoms with van der Waals surface area (Å²) in [4.78, 5) is 10.4. The Morgan fingerprint density at radius 3 is 2.70 bits per heavy atom. The van der Waals surface area contributed by atoms with Gasteiger partial charge in [0.2, 0.25) is 5.91 Å².